The van der Waals surface area contributed by atoms with Gasteiger partial charge in [-0.05, 0) is 42.8 Å². The summed E-state index contributed by atoms with van der Waals surface area (Å²) in [5, 5.41) is 12.0. The third-order valence-corrected chi connectivity index (χ3v) is 3.12. The van der Waals surface area contributed by atoms with Crippen molar-refractivity contribution < 1.29 is 9.90 Å². The molecule has 2 aromatic carbocycles. The second-order valence-electron chi connectivity index (χ2n) is 4.48. The molecular formula is C17H14ClNO2. The van der Waals surface area contributed by atoms with Crippen molar-refractivity contribution in [2.75, 3.05) is 11.9 Å². The van der Waals surface area contributed by atoms with E-state index in [2.05, 4.69) is 17.2 Å². The van der Waals surface area contributed by atoms with E-state index in [-0.39, 0.29) is 12.5 Å². The monoisotopic (exact) mass is 299 g/mol. The summed E-state index contributed by atoms with van der Waals surface area (Å²) >= 11 is 6.10. The first-order valence-electron chi connectivity index (χ1n) is 6.37. The van der Waals surface area contributed by atoms with Crippen molar-refractivity contribution in [2.45, 2.75) is 6.92 Å². The minimum absolute atomic E-state index is 0.213. The van der Waals surface area contributed by atoms with Gasteiger partial charge in [0.2, 0.25) is 0 Å². The highest BCUT2D eigenvalue weighted by Crippen LogP contribution is 2.23. The Kier molecular flexibility index (Phi) is 4.99. The van der Waals surface area contributed by atoms with Crippen LogP contribution in [0.3, 0.4) is 0 Å². The molecule has 2 rings (SSSR count). The number of hydrogen-bond acceptors (Lipinski definition) is 2. The van der Waals surface area contributed by atoms with E-state index >= 15 is 0 Å². The van der Waals surface area contributed by atoms with Crippen LogP contribution in [0.5, 0.6) is 0 Å². The minimum Gasteiger partial charge on any atom is -0.384 e. The zero-order chi connectivity index (χ0) is 15.2. The second-order valence-corrected chi connectivity index (χ2v) is 4.89. The highest BCUT2D eigenvalue weighted by atomic mass is 35.5. The second kappa shape index (κ2) is 6.94. The topological polar surface area (TPSA) is 49.3 Å². The number of carbonyl (C=O) groups is 1. The van der Waals surface area contributed by atoms with Crippen LogP contribution < -0.4 is 5.32 Å². The number of aryl methyl sites for hydroxylation is 1. The smallest absolute Gasteiger partial charge is 0.255 e. The van der Waals surface area contributed by atoms with E-state index in [1.165, 1.54) is 0 Å². The van der Waals surface area contributed by atoms with Crippen molar-refractivity contribution in [1.29, 1.82) is 0 Å². The Morgan fingerprint density at radius 1 is 1.29 bits per heavy atom. The largest absolute Gasteiger partial charge is 0.384 e. The van der Waals surface area contributed by atoms with E-state index in [1.54, 1.807) is 36.4 Å². The molecule has 2 aromatic rings. The predicted molar refractivity (Wildman–Crippen MR) is 84.5 cm³/mol. The molecule has 0 aliphatic carbocycles. The maximum atomic E-state index is 12.2. The summed E-state index contributed by atoms with van der Waals surface area (Å²) in [5.41, 5.74) is 2.75. The first kappa shape index (κ1) is 15.1. The Morgan fingerprint density at radius 2 is 2.10 bits per heavy atom. The number of nitrogens with one attached hydrogen (secondary N) is 1. The summed E-state index contributed by atoms with van der Waals surface area (Å²) in [7, 11) is 0. The summed E-state index contributed by atoms with van der Waals surface area (Å²) in [4.78, 5) is 12.2. The van der Waals surface area contributed by atoms with Crippen molar-refractivity contribution >= 4 is 23.2 Å². The number of carbonyl (C=O) groups excluding carboxylic acids is 1. The van der Waals surface area contributed by atoms with Gasteiger partial charge in [-0.15, -0.1) is 0 Å². The van der Waals surface area contributed by atoms with Crippen molar-refractivity contribution in [3.8, 4) is 11.8 Å². The first-order valence-corrected chi connectivity index (χ1v) is 6.75. The van der Waals surface area contributed by atoms with Crippen LogP contribution in [0.4, 0.5) is 5.69 Å². The van der Waals surface area contributed by atoms with E-state index in [0.29, 0.717) is 21.8 Å². The van der Waals surface area contributed by atoms with Crippen LogP contribution in [-0.4, -0.2) is 17.6 Å². The molecule has 0 spiro atoms. The van der Waals surface area contributed by atoms with E-state index in [1.807, 2.05) is 13.0 Å². The van der Waals surface area contributed by atoms with Gasteiger partial charge in [0.15, 0.2) is 0 Å². The van der Waals surface area contributed by atoms with E-state index in [4.69, 9.17) is 16.7 Å². The molecule has 0 atom stereocenters. The normalized spacial score (nSPS) is 9.67. The number of halogens is 1. The van der Waals surface area contributed by atoms with Crippen molar-refractivity contribution in [1.82, 2.24) is 0 Å². The third-order valence-electron chi connectivity index (χ3n) is 2.81. The van der Waals surface area contributed by atoms with E-state index < -0.39 is 0 Å². The van der Waals surface area contributed by atoms with Gasteiger partial charge in [0.05, 0.1) is 10.7 Å². The number of aliphatic hydroxyl groups excluding tert-OH is 1. The summed E-state index contributed by atoms with van der Waals surface area (Å²) < 4.78 is 0. The lowest BCUT2D eigenvalue weighted by Gasteiger charge is -2.08. The van der Waals surface area contributed by atoms with Crippen molar-refractivity contribution in [2.24, 2.45) is 0 Å². The Balaban J connectivity index is 2.20. The van der Waals surface area contributed by atoms with Crippen LogP contribution in [0.15, 0.2) is 42.5 Å². The first-order chi connectivity index (χ1) is 10.1. The van der Waals surface area contributed by atoms with Crippen molar-refractivity contribution in [3.05, 3.63) is 64.2 Å². The number of amides is 1. The quantitative estimate of drug-likeness (QED) is 0.836. The molecule has 2 N–H and O–H groups in total. The molecule has 0 aromatic heterocycles. The molecule has 0 unspecified atom stereocenters. The predicted octanol–water partition coefficient (Wildman–Crippen LogP) is 3.24. The molecule has 0 aliphatic heterocycles. The van der Waals surface area contributed by atoms with Crippen LogP contribution in [0.2, 0.25) is 5.02 Å². The lowest BCUT2D eigenvalue weighted by molar-refractivity contribution is 0.102. The molecule has 1 amide bonds. The molecule has 0 bridgehead atoms. The van der Waals surface area contributed by atoms with Gasteiger partial charge in [0.1, 0.15) is 6.61 Å². The van der Waals surface area contributed by atoms with Crippen LogP contribution in [-0.2, 0) is 0 Å². The summed E-state index contributed by atoms with van der Waals surface area (Å²) in [6.07, 6.45) is 0. The molecule has 0 heterocycles. The van der Waals surface area contributed by atoms with Crippen molar-refractivity contribution in [3.63, 3.8) is 0 Å². The van der Waals surface area contributed by atoms with Gasteiger partial charge >= 0.3 is 0 Å². The Bertz CT molecular complexity index is 729. The van der Waals surface area contributed by atoms with E-state index in [0.717, 1.165) is 5.56 Å². The van der Waals surface area contributed by atoms with Crippen LogP contribution in [0.1, 0.15) is 21.5 Å². The zero-order valence-electron chi connectivity index (χ0n) is 11.5. The van der Waals surface area contributed by atoms with Gasteiger partial charge in [0.25, 0.3) is 5.91 Å². The highest BCUT2D eigenvalue weighted by Gasteiger charge is 2.08. The average molecular weight is 300 g/mol. The summed E-state index contributed by atoms with van der Waals surface area (Å²) in [6, 6.07) is 12.3. The molecular weight excluding hydrogens is 286 g/mol. The highest BCUT2D eigenvalue weighted by molar-refractivity contribution is 6.34. The fraction of sp³-hybridized carbons (Fsp3) is 0.118. The van der Waals surface area contributed by atoms with Gasteiger partial charge in [0, 0.05) is 11.1 Å². The zero-order valence-corrected chi connectivity index (χ0v) is 12.2. The summed E-state index contributed by atoms with van der Waals surface area (Å²) in [6.45, 7) is 1.72. The maximum absolute atomic E-state index is 12.2. The molecule has 106 valence electrons. The molecule has 21 heavy (non-hydrogen) atoms. The fourth-order valence-electron chi connectivity index (χ4n) is 1.80. The summed E-state index contributed by atoms with van der Waals surface area (Å²) in [5.74, 6) is 5.06. The number of hydrogen-bond donors (Lipinski definition) is 2. The molecule has 0 aliphatic rings. The molecule has 0 saturated heterocycles. The van der Waals surface area contributed by atoms with E-state index in [9.17, 15) is 4.79 Å². The maximum Gasteiger partial charge on any atom is 0.255 e. The number of anilines is 1. The van der Waals surface area contributed by atoms with Gasteiger partial charge in [-0.25, -0.2) is 0 Å². The Morgan fingerprint density at radius 3 is 2.81 bits per heavy atom. The lowest BCUT2D eigenvalue weighted by Crippen LogP contribution is -2.12. The van der Waals surface area contributed by atoms with Gasteiger partial charge in [-0.1, -0.05) is 35.6 Å². The number of rotatable bonds is 2. The molecule has 0 radical (unpaired) electrons. The van der Waals surface area contributed by atoms with Crippen LogP contribution in [0.25, 0.3) is 0 Å². The van der Waals surface area contributed by atoms with Crippen LogP contribution >= 0.6 is 11.6 Å². The number of benzene rings is 2. The molecule has 4 heteroatoms. The molecule has 3 nitrogen and oxygen atoms in total. The third kappa shape index (κ3) is 4.09. The lowest BCUT2D eigenvalue weighted by atomic mass is 10.1. The van der Waals surface area contributed by atoms with Crippen LogP contribution in [0, 0.1) is 18.8 Å². The standard InChI is InChI=1S/C17H14ClNO2/c1-12-7-8-16(15(18)10-12)19-17(21)14-6-2-4-13(11-14)5-3-9-20/h2,4,6-8,10-11,20H,9H2,1H3,(H,19,21). The SMILES string of the molecule is Cc1ccc(NC(=O)c2cccc(C#CCO)c2)c(Cl)c1. The van der Waals surface area contributed by atoms with Gasteiger partial charge < -0.3 is 10.4 Å². The minimum atomic E-state index is -0.256. The molecule has 0 saturated carbocycles. The van der Waals surface area contributed by atoms with Gasteiger partial charge in [-0.2, -0.15) is 0 Å². The Hall–Kier alpha value is -2.28. The average Bonchev–Trinajstić information content (AvgIpc) is 2.48. The molecule has 0 fully saturated rings. The number of aliphatic hydroxyl groups is 1. The Labute approximate surface area is 128 Å². The van der Waals surface area contributed by atoms with Gasteiger partial charge in [-0.3, -0.25) is 4.79 Å². The fourth-order valence-corrected chi connectivity index (χ4v) is 2.08.